The summed E-state index contributed by atoms with van der Waals surface area (Å²) < 4.78 is 42.6. The number of rotatable bonds is 3. The zero-order valence-corrected chi connectivity index (χ0v) is 10.8. The molecule has 108 valence electrons. The molecule has 0 radical (unpaired) electrons. The molecule has 1 aliphatic rings. The van der Waals surface area contributed by atoms with Crippen LogP contribution in [0.2, 0.25) is 0 Å². The summed E-state index contributed by atoms with van der Waals surface area (Å²) in [6.07, 6.45) is -4.36. The summed E-state index contributed by atoms with van der Waals surface area (Å²) >= 11 is 0. The fraction of sp³-hybridized carbons (Fsp3) is 0.692. The molecule has 1 atom stereocenters. The molecule has 0 aliphatic carbocycles. The first-order valence-electron chi connectivity index (χ1n) is 6.38. The summed E-state index contributed by atoms with van der Waals surface area (Å²) in [5, 5.41) is 9.24. The Morgan fingerprint density at radius 2 is 2.05 bits per heavy atom. The Morgan fingerprint density at radius 1 is 1.42 bits per heavy atom. The molecule has 6 heteroatoms. The molecule has 0 bridgehead atoms. The highest BCUT2D eigenvalue weighted by molar-refractivity contribution is 5.14. The first kappa shape index (κ1) is 14.4. The van der Waals surface area contributed by atoms with Gasteiger partial charge in [-0.1, -0.05) is 0 Å². The Hall–Kier alpha value is -1.01. The molecule has 1 fully saturated rings. The van der Waals surface area contributed by atoms with Crippen LogP contribution in [0.4, 0.5) is 13.2 Å². The molecule has 0 saturated carbocycles. The smallest absolute Gasteiger partial charge is 0.414 e. The van der Waals surface area contributed by atoms with E-state index in [1.165, 1.54) is 0 Å². The normalized spacial score (nSPS) is 20.7. The van der Waals surface area contributed by atoms with Crippen molar-refractivity contribution in [1.82, 2.24) is 4.90 Å². The number of likely N-dealkylation sites (tertiary alicyclic amines) is 1. The van der Waals surface area contributed by atoms with Crippen molar-refractivity contribution in [3.05, 3.63) is 23.7 Å². The highest BCUT2D eigenvalue weighted by Gasteiger charge is 2.44. The van der Waals surface area contributed by atoms with E-state index in [1.807, 2.05) is 13.0 Å². The zero-order chi connectivity index (χ0) is 14.0. The SMILES string of the molecule is Cc1ccoc1CN1CCC(C(O)C(F)(F)F)CC1. The molecular formula is C13H18F3NO2. The first-order chi connectivity index (χ1) is 8.88. The van der Waals surface area contributed by atoms with Crippen molar-refractivity contribution in [2.75, 3.05) is 13.1 Å². The fourth-order valence-electron chi connectivity index (χ4n) is 2.46. The van der Waals surface area contributed by atoms with Crippen molar-refractivity contribution < 1.29 is 22.7 Å². The molecule has 2 rings (SSSR count). The average Bonchev–Trinajstić information content (AvgIpc) is 2.74. The van der Waals surface area contributed by atoms with E-state index in [9.17, 15) is 18.3 Å². The number of piperidine rings is 1. The number of hydrogen-bond donors (Lipinski definition) is 1. The molecule has 1 saturated heterocycles. The molecular weight excluding hydrogens is 259 g/mol. The van der Waals surface area contributed by atoms with Gasteiger partial charge in [-0.3, -0.25) is 4.90 Å². The standard InChI is InChI=1S/C13H18F3NO2/c1-9-4-7-19-11(9)8-17-5-2-10(3-6-17)12(18)13(14,15)16/h4,7,10,12,18H,2-3,5-6,8H2,1H3. The summed E-state index contributed by atoms with van der Waals surface area (Å²) in [5.74, 6) is 0.170. The van der Waals surface area contributed by atoms with Gasteiger partial charge in [-0.15, -0.1) is 0 Å². The first-order valence-corrected chi connectivity index (χ1v) is 6.38. The van der Waals surface area contributed by atoms with Gasteiger partial charge in [0.1, 0.15) is 5.76 Å². The van der Waals surface area contributed by atoms with Gasteiger partial charge in [-0.25, -0.2) is 0 Å². The van der Waals surface area contributed by atoms with Crippen LogP contribution in [0.15, 0.2) is 16.7 Å². The number of aliphatic hydroxyl groups excluding tert-OH is 1. The van der Waals surface area contributed by atoms with Gasteiger partial charge in [0.05, 0.1) is 12.8 Å². The number of aryl methyl sites for hydroxylation is 1. The van der Waals surface area contributed by atoms with E-state index in [0.717, 1.165) is 11.3 Å². The van der Waals surface area contributed by atoms with Crippen LogP contribution in [0.5, 0.6) is 0 Å². The molecule has 2 heterocycles. The molecule has 3 nitrogen and oxygen atoms in total. The van der Waals surface area contributed by atoms with Crippen LogP contribution >= 0.6 is 0 Å². The lowest BCUT2D eigenvalue weighted by molar-refractivity contribution is -0.223. The quantitative estimate of drug-likeness (QED) is 0.923. The van der Waals surface area contributed by atoms with E-state index < -0.39 is 18.2 Å². The number of hydrogen-bond acceptors (Lipinski definition) is 3. The van der Waals surface area contributed by atoms with Crippen LogP contribution in [0.3, 0.4) is 0 Å². The van der Waals surface area contributed by atoms with Crippen molar-refractivity contribution in [1.29, 1.82) is 0 Å². The predicted octanol–water partition coefficient (Wildman–Crippen LogP) is 2.72. The summed E-state index contributed by atoms with van der Waals surface area (Å²) in [4.78, 5) is 2.06. The van der Waals surface area contributed by atoms with Crippen molar-refractivity contribution >= 4 is 0 Å². The van der Waals surface area contributed by atoms with E-state index in [0.29, 0.717) is 32.5 Å². The Labute approximate surface area is 110 Å². The lowest BCUT2D eigenvalue weighted by atomic mass is 9.91. The second-order valence-electron chi connectivity index (χ2n) is 5.13. The number of alkyl halides is 3. The van der Waals surface area contributed by atoms with Crippen molar-refractivity contribution in [3.63, 3.8) is 0 Å². The van der Waals surface area contributed by atoms with Gasteiger partial charge in [0.25, 0.3) is 0 Å². The van der Waals surface area contributed by atoms with Crippen LogP contribution in [-0.4, -0.2) is 35.4 Å². The summed E-state index contributed by atoms with van der Waals surface area (Å²) in [6, 6.07) is 1.87. The Kier molecular flexibility index (Phi) is 4.20. The van der Waals surface area contributed by atoms with E-state index in [2.05, 4.69) is 4.90 Å². The molecule has 1 N–H and O–H groups in total. The van der Waals surface area contributed by atoms with Crippen LogP contribution in [0.25, 0.3) is 0 Å². The average molecular weight is 277 g/mol. The van der Waals surface area contributed by atoms with Crippen LogP contribution in [0.1, 0.15) is 24.2 Å². The van der Waals surface area contributed by atoms with Gasteiger partial charge in [0, 0.05) is 0 Å². The maximum atomic E-state index is 12.4. The maximum Gasteiger partial charge on any atom is 0.414 e. The number of furan rings is 1. The van der Waals surface area contributed by atoms with Gasteiger partial charge in [-0.2, -0.15) is 13.2 Å². The van der Waals surface area contributed by atoms with E-state index in [1.54, 1.807) is 6.26 Å². The molecule has 1 aromatic heterocycles. The highest BCUT2D eigenvalue weighted by Crippen LogP contribution is 2.32. The number of aliphatic hydroxyl groups is 1. The third-order valence-corrected chi connectivity index (χ3v) is 3.75. The second-order valence-corrected chi connectivity index (χ2v) is 5.13. The number of halogens is 3. The third-order valence-electron chi connectivity index (χ3n) is 3.75. The zero-order valence-electron chi connectivity index (χ0n) is 10.8. The minimum absolute atomic E-state index is 0.362. The molecule has 19 heavy (non-hydrogen) atoms. The number of nitrogens with zero attached hydrogens (tertiary/aromatic N) is 1. The Morgan fingerprint density at radius 3 is 2.53 bits per heavy atom. The minimum atomic E-state index is -4.51. The molecule has 1 aliphatic heterocycles. The Balaban J connectivity index is 1.84. The summed E-state index contributed by atoms with van der Waals surface area (Å²) in [5.41, 5.74) is 1.05. The van der Waals surface area contributed by atoms with Crippen molar-refractivity contribution in [3.8, 4) is 0 Å². The molecule has 0 spiro atoms. The molecule has 0 amide bonds. The van der Waals surface area contributed by atoms with Crippen LogP contribution in [0, 0.1) is 12.8 Å². The van der Waals surface area contributed by atoms with Crippen molar-refractivity contribution in [2.45, 2.75) is 38.6 Å². The maximum absolute atomic E-state index is 12.4. The van der Waals surface area contributed by atoms with Crippen LogP contribution < -0.4 is 0 Å². The summed E-state index contributed by atoms with van der Waals surface area (Å²) in [6.45, 7) is 3.67. The lowest BCUT2D eigenvalue weighted by Gasteiger charge is -2.34. The largest absolute Gasteiger partial charge is 0.468 e. The van der Waals surface area contributed by atoms with Gasteiger partial charge < -0.3 is 9.52 Å². The van der Waals surface area contributed by atoms with E-state index in [4.69, 9.17) is 4.42 Å². The Bertz CT molecular complexity index is 408. The monoisotopic (exact) mass is 277 g/mol. The highest BCUT2D eigenvalue weighted by atomic mass is 19.4. The van der Waals surface area contributed by atoms with Gasteiger partial charge in [-0.05, 0) is 50.4 Å². The second kappa shape index (κ2) is 5.54. The van der Waals surface area contributed by atoms with Crippen LogP contribution in [-0.2, 0) is 6.54 Å². The van der Waals surface area contributed by atoms with Crippen molar-refractivity contribution in [2.24, 2.45) is 5.92 Å². The molecule has 1 aromatic rings. The topological polar surface area (TPSA) is 36.6 Å². The molecule has 1 unspecified atom stereocenters. The fourth-order valence-corrected chi connectivity index (χ4v) is 2.46. The minimum Gasteiger partial charge on any atom is -0.468 e. The predicted molar refractivity (Wildman–Crippen MR) is 63.5 cm³/mol. The van der Waals surface area contributed by atoms with Gasteiger partial charge in [0.15, 0.2) is 6.10 Å². The summed E-state index contributed by atoms with van der Waals surface area (Å²) in [7, 11) is 0. The third kappa shape index (κ3) is 3.51. The van der Waals surface area contributed by atoms with Gasteiger partial charge >= 0.3 is 6.18 Å². The van der Waals surface area contributed by atoms with E-state index >= 15 is 0 Å². The van der Waals surface area contributed by atoms with Gasteiger partial charge in [0.2, 0.25) is 0 Å². The lowest BCUT2D eigenvalue weighted by Crippen LogP contribution is -2.43. The molecule has 0 aromatic carbocycles. The van der Waals surface area contributed by atoms with E-state index in [-0.39, 0.29) is 0 Å².